The fourth-order valence-electron chi connectivity index (χ4n) is 1.76. The Hall–Kier alpha value is -2.73. The van der Waals surface area contributed by atoms with E-state index >= 15 is 0 Å². The van der Waals surface area contributed by atoms with Gasteiger partial charge in [-0.25, -0.2) is 0 Å². The Labute approximate surface area is 119 Å². The van der Waals surface area contributed by atoms with Crippen molar-refractivity contribution in [3.05, 3.63) is 66.2 Å². The van der Waals surface area contributed by atoms with E-state index in [9.17, 15) is 0 Å². The van der Waals surface area contributed by atoms with E-state index in [0.717, 1.165) is 17.0 Å². The summed E-state index contributed by atoms with van der Waals surface area (Å²) >= 11 is 0. The van der Waals surface area contributed by atoms with Gasteiger partial charge in [-0.1, -0.05) is 36.4 Å². The van der Waals surface area contributed by atoms with Gasteiger partial charge >= 0.3 is 0 Å². The first-order valence-corrected chi connectivity index (χ1v) is 6.35. The molecule has 2 aromatic rings. The van der Waals surface area contributed by atoms with Gasteiger partial charge in [-0.05, 0) is 35.9 Å². The van der Waals surface area contributed by atoms with Gasteiger partial charge in [0.2, 0.25) is 0 Å². The van der Waals surface area contributed by atoms with E-state index in [1.165, 1.54) is 0 Å². The first-order valence-electron chi connectivity index (χ1n) is 6.35. The second-order valence-corrected chi connectivity index (χ2v) is 4.25. The normalized spacial score (nSPS) is 11.8. The van der Waals surface area contributed by atoms with Crippen LogP contribution in [0.4, 0.5) is 5.69 Å². The van der Waals surface area contributed by atoms with Crippen LogP contribution in [0, 0.1) is 11.3 Å². The van der Waals surface area contributed by atoms with Crippen molar-refractivity contribution in [2.24, 2.45) is 0 Å². The van der Waals surface area contributed by atoms with Crippen molar-refractivity contribution in [1.29, 1.82) is 5.26 Å². The van der Waals surface area contributed by atoms with Gasteiger partial charge in [0.15, 0.2) is 0 Å². The van der Waals surface area contributed by atoms with Gasteiger partial charge in [-0.3, -0.25) is 0 Å². The van der Waals surface area contributed by atoms with Crippen molar-refractivity contribution in [1.82, 2.24) is 0 Å². The van der Waals surface area contributed by atoms with E-state index < -0.39 is 0 Å². The highest BCUT2D eigenvalue weighted by Crippen LogP contribution is 2.13. The molecule has 0 saturated heterocycles. The Morgan fingerprint density at radius 3 is 2.40 bits per heavy atom. The third-order valence-corrected chi connectivity index (χ3v) is 2.83. The Kier molecular flexibility index (Phi) is 4.80. The number of ether oxygens (including phenoxy) is 1. The molecule has 1 unspecified atom stereocenters. The van der Waals surface area contributed by atoms with Crippen molar-refractivity contribution in [3.63, 3.8) is 0 Å². The van der Waals surface area contributed by atoms with Gasteiger partial charge < -0.3 is 10.1 Å². The quantitative estimate of drug-likeness (QED) is 0.895. The van der Waals surface area contributed by atoms with Crippen LogP contribution in [0.2, 0.25) is 0 Å². The van der Waals surface area contributed by atoms with Crippen molar-refractivity contribution >= 4 is 11.8 Å². The van der Waals surface area contributed by atoms with Crippen LogP contribution in [0.1, 0.15) is 5.56 Å². The third-order valence-electron chi connectivity index (χ3n) is 2.83. The number of hydrogen-bond donors (Lipinski definition) is 1. The lowest BCUT2D eigenvalue weighted by Gasteiger charge is -2.08. The SMILES string of the molecule is COc1ccc(/C=C/C(C#N)Nc2ccccc2)cc1. The predicted octanol–water partition coefficient (Wildman–Crippen LogP) is 3.71. The van der Waals surface area contributed by atoms with Crippen molar-refractivity contribution in [3.8, 4) is 11.8 Å². The summed E-state index contributed by atoms with van der Waals surface area (Å²) in [4.78, 5) is 0. The predicted molar refractivity (Wildman–Crippen MR) is 81.5 cm³/mol. The van der Waals surface area contributed by atoms with Crippen LogP contribution < -0.4 is 10.1 Å². The minimum Gasteiger partial charge on any atom is -0.497 e. The van der Waals surface area contributed by atoms with E-state index in [1.807, 2.05) is 66.7 Å². The number of para-hydroxylation sites is 1. The number of nitriles is 1. The molecule has 0 aliphatic rings. The van der Waals surface area contributed by atoms with Crippen LogP contribution in [0.25, 0.3) is 6.08 Å². The molecule has 2 rings (SSSR count). The average molecular weight is 264 g/mol. The van der Waals surface area contributed by atoms with Gasteiger partial charge in [0, 0.05) is 5.69 Å². The zero-order chi connectivity index (χ0) is 14.2. The summed E-state index contributed by atoms with van der Waals surface area (Å²) in [7, 11) is 1.64. The first-order chi connectivity index (χ1) is 9.81. The summed E-state index contributed by atoms with van der Waals surface area (Å²) in [5.74, 6) is 0.821. The summed E-state index contributed by atoms with van der Waals surface area (Å²) in [5, 5.41) is 12.3. The molecule has 0 aliphatic carbocycles. The average Bonchev–Trinajstić information content (AvgIpc) is 2.53. The second kappa shape index (κ2) is 7.01. The Morgan fingerprint density at radius 2 is 1.80 bits per heavy atom. The van der Waals surface area contributed by atoms with Crippen LogP contribution in [-0.2, 0) is 0 Å². The standard InChI is InChI=1S/C17H16N2O/c1-20-17-11-8-14(9-12-17)7-10-16(13-18)19-15-5-3-2-4-6-15/h2-12,16,19H,1H3/b10-7+. The molecule has 20 heavy (non-hydrogen) atoms. The molecular weight excluding hydrogens is 248 g/mol. The molecule has 0 bridgehead atoms. The van der Waals surface area contributed by atoms with E-state index in [0.29, 0.717) is 0 Å². The van der Waals surface area contributed by atoms with Crippen LogP contribution in [0.15, 0.2) is 60.7 Å². The molecular formula is C17H16N2O. The molecule has 2 aromatic carbocycles. The molecule has 0 spiro atoms. The summed E-state index contributed by atoms with van der Waals surface area (Å²) in [6.07, 6.45) is 3.76. The Balaban J connectivity index is 2.02. The van der Waals surface area contributed by atoms with Crippen molar-refractivity contribution < 1.29 is 4.74 Å². The van der Waals surface area contributed by atoms with Crippen LogP contribution in [-0.4, -0.2) is 13.2 Å². The lowest BCUT2D eigenvalue weighted by Crippen LogP contribution is -2.13. The zero-order valence-corrected chi connectivity index (χ0v) is 11.3. The Morgan fingerprint density at radius 1 is 1.10 bits per heavy atom. The fraction of sp³-hybridized carbons (Fsp3) is 0.118. The molecule has 3 nitrogen and oxygen atoms in total. The molecule has 0 amide bonds. The highest BCUT2D eigenvalue weighted by atomic mass is 16.5. The molecule has 0 radical (unpaired) electrons. The maximum Gasteiger partial charge on any atom is 0.133 e. The third kappa shape index (κ3) is 3.89. The molecule has 100 valence electrons. The number of nitrogens with zero attached hydrogens (tertiary/aromatic N) is 1. The van der Waals surface area contributed by atoms with Crippen LogP contribution >= 0.6 is 0 Å². The first kappa shape index (κ1) is 13.7. The molecule has 0 fully saturated rings. The maximum absolute atomic E-state index is 9.16. The summed E-state index contributed by atoms with van der Waals surface area (Å²) in [6, 6.07) is 19.2. The molecule has 0 heterocycles. The van der Waals surface area contributed by atoms with E-state index in [-0.39, 0.29) is 6.04 Å². The Bertz CT molecular complexity index is 597. The molecule has 0 saturated carbocycles. The smallest absolute Gasteiger partial charge is 0.133 e. The van der Waals surface area contributed by atoms with Gasteiger partial charge in [0.25, 0.3) is 0 Å². The van der Waals surface area contributed by atoms with Crippen LogP contribution in [0.5, 0.6) is 5.75 Å². The summed E-state index contributed by atoms with van der Waals surface area (Å²) in [5.41, 5.74) is 1.96. The zero-order valence-electron chi connectivity index (χ0n) is 11.3. The minimum absolute atomic E-state index is 0.362. The second-order valence-electron chi connectivity index (χ2n) is 4.25. The number of anilines is 1. The number of methoxy groups -OCH3 is 1. The lowest BCUT2D eigenvalue weighted by atomic mass is 10.1. The van der Waals surface area contributed by atoms with E-state index in [4.69, 9.17) is 10.00 Å². The lowest BCUT2D eigenvalue weighted by molar-refractivity contribution is 0.415. The summed E-state index contributed by atoms with van der Waals surface area (Å²) in [6.45, 7) is 0. The number of benzene rings is 2. The van der Waals surface area contributed by atoms with Gasteiger partial charge in [0.05, 0.1) is 13.2 Å². The minimum atomic E-state index is -0.362. The van der Waals surface area contributed by atoms with Crippen molar-refractivity contribution in [2.75, 3.05) is 12.4 Å². The monoisotopic (exact) mass is 264 g/mol. The van der Waals surface area contributed by atoms with Crippen LogP contribution in [0.3, 0.4) is 0 Å². The molecule has 0 aliphatic heterocycles. The number of hydrogen-bond acceptors (Lipinski definition) is 3. The van der Waals surface area contributed by atoms with Crippen molar-refractivity contribution in [2.45, 2.75) is 6.04 Å². The molecule has 0 aromatic heterocycles. The fourth-order valence-corrected chi connectivity index (χ4v) is 1.76. The van der Waals surface area contributed by atoms with E-state index in [2.05, 4.69) is 11.4 Å². The van der Waals surface area contributed by atoms with E-state index in [1.54, 1.807) is 7.11 Å². The highest BCUT2D eigenvalue weighted by molar-refractivity contribution is 5.54. The molecule has 3 heteroatoms. The van der Waals surface area contributed by atoms with Gasteiger partial charge in [-0.15, -0.1) is 0 Å². The maximum atomic E-state index is 9.16. The highest BCUT2D eigenvalue weighted by Gasteiger charge is 2.01. The number of rotatable bonds is 5. The van der Waals surface area contributed by atoms with Gasteiger partial charge in [0.1, 0.15) is 11.8 Å². The summed E-state index contributed by atoms with van der Waals surface area (Å²) < 4.78 is 5.11. The van der Waals surface area contributed by atoms with Gasteiger partial charge in [-0.2, -0.15) is 5.26 Å². The largest absolute Gasteiger partial charge is 0.497 e. The molecule has 1 N–H and O–H groups in total. The number of nitrogens with one attached hydrogen (secondary N) is 1. The molecule has 1 atom stereocenters. The topological polar surface area (TPSA) is 45.0 Å².